The van der Waals surface area contributed by atoms with Crippen LogP contribution in [0.1, 0.15) is 207 Å². The molecule has 2 unspecified atom stereocenters. The van der Waals surface area contributed by atoms with Gasteiger partial charge < -0.3 is 19.3 Å². The number of hydrogen-bond donors (Lipinski definition) is 1. The van der Waals surface area contributed by atoms with Gasteiger partial charge in [-0.1, -0.05) is 147 Å². The second-order valence-corrected chi connectivity index (χ2v) is 15.8. The molecule has 0 aliphatic carbocycles. The van der Waals surface area contributed by atoms with Crippen molar-refractivity contribution in [3.8, 4) is 0 Å². The van der Waals surface area contributed by atoms with Crippen molar-refractivity contribution in [2.75, 3.05) is 13.2 Å². The normalized spacial score (nSPS) is 12.9. The number of rotatable bonds is 37. The average Bonchev–Trinajstić information content (AvgIpc) is 3.57. The van der Waals surface area contributed by atoms with Crippen LogP contribution in [-0.2, 0) is 41.6 Å². The lowest BCUT2D eigenvalue weighted by Gasteiger charge is -2.18. The number of hydrogen-bond acceptors (Lipinski definition) is 9. The lowest BCUT2D eigenvalue weighted by atomic mass is 10.1. The third-order valence-electron chi connectivity index (χ3n) is 9.84. The number of esters is 2. The predicted octanol–water partition coefficient (Wildman–Crippen LogP) is 10.2. The topological polar surface area (TPSA) is 130 Å². The van der Waals surface area contributed by atoms with Crippen molar-refractivity contribution < 1.29 is 33.7 Å². The van der Waals surface area contributed by atoms with Crippen molar-refractivity contribution in [1.29, 1.82) is 0 Å². The van der Waals surface area contributed by atoms with Crippen LogP contribution < -0.4 is 0 Å². The van der Waals surface area contributed by atoms with Crippen molar-refractivity contribution in [2.24, 2.45) is 0 Å². The van der Waals surface area contributed by atoms with E-state index in [9.17, 15) is 19.5 Å². The van der Waals surface area contributed by atoms with Crippen molar-refractivity contribution in [2.45, 2.75) is 232 Å². The smallest absolute Gasteiger partial charge is 0.306 e. The molecule has 0 aromatic carbocycles. The van der Waals surface area contributed by atoms with E-state index in [-0.39, 0.29) is 37.3 Å². The molecule has 0 fully saturated rings. The highest BCUT2D eigenvalue weighted by Gasteiger charge is 2.20. The zero-order chi connectivity index (χ0) is 39.0. The van der Waals surface area contributed by atoms with Crippen LogP contribution in [0.3, 0.4) is 0 Å². The van der Waals surface area contributed by atoms with Crippen molar-refractivity contribution in [1.82, 2.24) is 15.0 Å². The summed E-state index contributed by atoms with van der Waals surface area (Å²) in [7, 11) is 0. The first-order valence-electron chi connectivity index (χ1n) is 21.6. The maximum absolute atomic E-state index is 12.8. The van der Waals surface area contributed by atoms with Gasteiger partial charge in [-0.05, 0) is 40.0 Å². The number of aryl methyl sites for hydroxylation is 1. The Morgan fingerprint density at radius 3 is 1.68 bits per heavy atom. The lowest BCUT2D eigenvalue weighted by Crippen LogP contribution is -2.30. The maximum atomic E-state index is 12.8. The van der Waals surface area contributed by atoms with Gasteiger partial charge in [0.15, 0.2) is 11.9 Å². The first-order chi connectivity index (χ1) is 25.5. The summed E-state index contributed by atoms with van der Waals surface area (Å²) in [4.78, 5) is 38.0. The zero-order valence-corrected chi connectivity index (χ0v) is 34.7. The van der Waals surface area contributed by atoms with E-state index in [1.807, 2.05) is 0 Å². The quantitative estimate of drug-likeness (QED) is 0.0522. The summed E-state index contributed by atoms with van der Waals surface area (Å²) in [6.07, 6.45) is 28.9. The third kappa shape index (κ3) is 29.7. The summed E-state index contributed by atoms with van der Waals surface area (Å²) in [6, 6.07) is 0. The van der Waals surface area contributed by atoms with E-state index < -0.39 is 17.8 Å². The van der Waals surface area contributed by atoms with Gasteiger partial charge in [-0.3, -0.25) is 14.4 Å². The highest BCUT2D eigenvalue weighted by atomic mass is 16.6. The molecule has 308 valence electrons. The summed E-state index contributed by atoms with van der Waals surface area (Å²) in [5, 5.41) is 18.3. The molecule has 0 saturated heterocycles. The Morgan fingerprint density at radius 2 is 1.19 bits per heavy atom. The fraction of sp³-hybridized carbons (Fsp3) is 0.884. The molecule has 0 bridgehead atoms. The number of carbonyl (C=O) groups is 3. The molecule has 0 radical (unpaired) electrons. The summed E-state index contributed by atoms with van der Waals surface area (Å²) in [5.41, 5.74) is -0.202. The van der Waals surface area contributed by atoms with Gasteiger partial charge in [0.05, 0.1) is 24.4 Å². The maximum Gasteiger partial charge on any atom is 0.306 e. The van der Waals surface area contributed by atoms with Crippen LogP contribution >= 0.6 is 0 Å². The molecule has 0 aliphatic rings. The molecule has 0 aliphatic heterocycles. The Balaban J connectivity index is 2.51. The van der Waals surface area contributed by atoms with Crippen LogP contribution in [0.2, 0.25) is 0 Å². The second kappa shape index (κ2) is 32.0. The van der Waals surface area contributed by atoms with E-state index in [0.29, 0.717) is 38.0 Å². The van der Waals surface area contributed by atoms with E-state index in [1.165, 1.54) is 103 Å². The predicted molar refractivity (Wildman–Crippen MR) is 213 cm³/mol. The zero-order valence-electron chi connectivity index (χ0n) is 34.7. The van der Waals surface area contributed by atoms with Crippen LogP contribution in [0.25, 0.3) is 0 Å². The molecule has 1 heterocycles. The van der Waals surface area contributed by atoms with Crippen LogP contribution in [0.15, 0.2) is 6.20 Å². The van der Waals surface area contributed by atoms with Crippen LogP contribution in [-0.4, -0.2) is 68.8 Å². The Hall–Kier alpha value is -2.33. The number of ketones is 1. The van der Waals surface area contributed by atoms with Gasteiger partial charge in [0.25, 0.3) is 0 Å². The highest BCUT2D eigenvalue weighted by molar-refractivity contribution is 5.82. The Morgan fingerprint density at radius 1 is 0.717 bits per heavy atom. The molecule has 1 rings (SSSR count). The second-order valence-electron chi connectivity index (χ2n) is 15.8. The summed E-state index contributed by atoms with van der Waals surface area (Å²) >= 11 is 0. The molecular formula is C43H79N3O7. The number of unbranched alkanes of at least 4 members (excludes halogenated alkanes) is 20. The molecule has 1 aromatic rings. The summed E-state index contributed by atoms with van der Waals surface area (Å²) in [6.45, 7) is 10.1. The van der Waals surface area contributed by atoms with E-state index in [1.54, 1.807) is 31.6 Å². The molecule has 1 N–H and O–H groups in total. The fourth-order valence-corrected chi connectivity index (χ4v) is 6.28. The van der Waals surface area contributed by atoms with Gasteiger partial charge in [0.1, 0.15) is 12.7 Å². The number of Topliss-reactive ketones (excluding diaryl/α,β-unsaturated/α-hetero) is 1. The first-order valence-corrected chi connectivity index (χ1v) is 21.6. The minimum atomic E-state index is -0.842. The van der Waals surface area contributed by atoms with Gasteiger partial charge in [0, 0.05) is 31.9 Å². The SMILES string of the molecule is CCCCCCCCCCCCCC(=O)OCC(Cn1cc(CCC(=O)C(C)OCCC(C)(C)O)nn1)OC(=O)CCCCCCCCCCCCC. The van der Waals surface area contributed by atoms with Gasteiger partial charge in [-0.2, -0.15) is 0 Å². The largest absolute Gasteiger partial charge is 0.462 e. The average molecular weight is 750 g/mol. The van der Waals surface area contributed by atoms with E-state index in [2.05, 4.69) is 24.2 Å². The number of ether oxygens (including phenoxy) is 3. The van der Waals surface area contributed by atoms with Gasteiger partial charge >= 0.3 is 11.9 Å². The number of carbonyl (C=O) groups excluding carboxylic acids is 3. The monoisotopic (exact) mass is 750 g/mol. The fourth-order valence-electron chi connectivity index (χ4n) is 6.28. The summed E-state index contributed by atoms with van der Waals surface area (Å²) < 4.78 is 18.6. The molecule has 0 saturated carbocycles. The Kier molecular flexibility index (Phi) is 29.4. The van der Waals surface area contributed by atoms with Crippen LogP contribution in [0.5, 0.6) is 0 Å². The lowest BCUT2D eigenvalue weighted by molar-refractivity contribution is -0.160. The first kappa shape index (κ1) is 48.7. The Bertz CT molecular complexity index is 1050. The van der Waals surface area contributed by atoms with E-state index in [4.69, 9.17) is 14.2 Å². The molecular weight excluding hydrogens is 670 g/mol. The van der Waals surface area contributed by atoms with Crippen molar-refractivity contribution >= 4 is 17.7 Å². The minimum Gasteiger partial charge on any atom is -0.462 e. The van der Waals surface area contributed by atoms with Crippen molar-refractivity contribution in [3.05, 3.63) is 11.9 Å². The molecule has 0 spiro atoms. The number of aromatic nitrogens is 3. The number of nitrogens with zero attached hydrogens (tertiary/aromatic N) is 3. The third-order valence-corrected chi connectivity index (χ3v) is 9.84. The molecule has 0 amide bonds. The Labute approximate surface area is 323 Å². The highest BCUT2D eigenvalue weighted by Crippen LogP contribution is 2.15. The molecule has 53 heavy (non-hydrogen) atoms. The van der Waals surface area contributed by atoms with Gasteiger partial charge in [-0.25, -0.2) is 4.68 Å². The van der Waals surface area contributed by atoms with E-state index in [0.717, 1.165) is 38.5 Å². The summed E-state index contributed by atoms with van der Waals surface area (Å²) in [5.74, 6) is -0.616. The van der Waals surface area contributed by atoms with Gasteiger partial charge in [-0.15, -0.1) is 5.10 Å². The molecule has 10 nitrogen and oxygen atoms in total. The molecule has 1 aromatic heterocycles. The van der Waals surface area contributed by atoms with Crippen LogP contribution in [0.4, 0.5) is 0 Å². The number of aliphatic hydroxyl groups is 1. The van der Waals surface area contributed by atoms with Gasteiger partial charge in [0.2, 0.25) is 0 Å². The standard InChI is InChI=1S/C43H79N3O7/c1-6-8-10-12-14-16-18-20-22-24-26-28-41(48)52-36-39(53-42(49)29-27-25-23-21-19-17-15-13-11-9-7-2)35-46-34-38(44-45-46)30-31-40(47)37(3)51-33-32-43(4,5)50/h34,37,39,50H,6-33,35-36H2,1-5H3. The minimum absolute atomic E-state index is 0.0337. The molecule has 2 atom stereocenters. The van der Waals surface area contributed by atoms with Crippen molar-refractivity contribution in [3.63, 3.8) is 0 Å². The molecule has 10 heteroatoms. The van der Waals surface area contributed by atoms with Crippen LogP contribution in [0, 0.1) is 0 Å². The van der Waals surface area contributed by atoms with E-state index >= 15 is 0 Å².